The molecule has 4 heteroatoms. The number of piperidine rings is 1. The minimum absolute atomic E-state index is 0.204. The van der Waals surface area contributed by atoms with E-state index in [4.69, 9.17) is 0 Å². The second-order valence-corrected chi connectivity index (χ2v) is 5.38. The van der Waals surface area contributed by atoms with Crippen molar-refractivity contribution in [1.82, 2.24) is 9.80 Å². The van der Waals surface area contributed by atoms with E-state index in [2.05, 4.69) is 13.2 Å². The normalized spacial score (nSPS) is 21.5. The number of carbonyl (C=O) groups is 1. The third-order valence-electron chi connectivity index (χ3n) is 2.88. The van der Waals surface area contributed by atoms with Crippen LogP contribution in [0.15, 0.2) is 0 Å². The molecule has 1 unspecified atom stereocenters. The molecular formula is C11H22N2OS. The molecule has 1 aliphatic heterocycles. The van der Waals surface area contributed by atoms with Crippen LogP contribution in [-0.2, 0) is 0 Å². The molecule has 0 spiro atoms. The van der Waals surface area contributed by atoms with Crippen LogP contribution in [-0.4, -0.2) is 54.5 Å². The highest BCUT2D eigenvalue weighted by Crippen LogP contribution is 2.16. The molecule has 1 fully saturated rings. The fourth-order valence-corrected chi connectivity index (χ4v) is 2.38. The second kappa shape index (κ2) is 6.26. The topological polar surface area (TPSA) is 23.6 Å². The number of hydrogen-bond acceptors (Lipinski definition) is 2. The first-order valence-corrected chi connectivity index (χ1v) is 7.03. The smallest absolute Gasteiger partial charge is 0.319 e. The Morgan fingerprint density at radius 2 is 2.33 bits per heavy atom. The van der Waals surface area contributed by atoms with Gasteiger partial charge in [-0.1, -0.05) is 6.92 Å². The monoisotopic (exact) mass is 230 g/mol. The molecule has 0 aromatic rings. The van der Waals surface area contributed by atoms with Crippen LogP contribution < -0.4 is 0 Å². The summed E-state index contributed by atoms with van der Waals surface area (Å²) in [5.74, 6) is 1.68. The van der Waals surface area contributed by atoms with Crippen molar-refractivity contribution in [3.8, 4) is 0 Å². The van der Waals surface area contributed by atoms with Crippen LogP contribution in [0, 0.1) is 5.92 Å². The Balaban J connectivity index is 2.37. The Morgan fingerprint density at radius 1 is 1.60 bits per heavy atom. The fraction of sp³-hybridized carbons (Fsp3) is 0.909. The standard InChI is InChI=1S/C11H22N2OS/c1-10-5-4-6-13(9-10)11(14)12(2)7-8-15-3/h10H,4-9H2,1-3H3. The highest BCUT2D eigenvalue weighted by atomic mass is 32.2. The van der Waals surface area contributed by atoms with Gasteiger partial charge in [0.15, 0.2) is 0 Å². The Bertz CT molecular complexity index is 211. The van der Waals surface area contributed by atoms with Crippen molar-refractivity contribution in [3.05, 3.63) is 0 Å². The lowest BCUT2D eigenvalue weighted by Crippen LogP contribution is -2.46. The SMILES string of the molecule is CSCCN(C)C(=O)N1CCCC(C)C1. The third-order valence-corrected chi connectivity index (χ3v) is 3.48. The van der Waals surface area contributed by atoms with Crippen LogP contribution in [0.3, 0.4) is 0 Å². The molecule has 1 rings (SSSR count). The van der Waals surface area contributed by atoms with Crippen LogP contribution in [0.4, 0.5) is 4.79 Å². The molecule has 0 saturated carbocycles. The Morgan fingerprint density at radius 3 is 2.93 bits per heavy atom. The maximum Gasteiger partial charge on any atom is 0.319 e. The zero-order valence-corrected chi connectivity index (χ0v) is 10.8. The average molecular weight is 230 g/mol. The van der Waals surface area contributed by atoms with Crippen molar-refractivity contribution in [2.75, 3.05) is 38.7 Å². The summed E-state index contributed by atoms with van der Waals surface area (Å²) >= 11 is 1.78. The largest absolute Gasteiger partial charge is 0.327 e. The first kappa shape index (κ1) is 12.7. The van der Waals surface area contributed by atoms with Gasteiger partial charge in [-0.25, -0.2) is 4.79 Å². The van der Waals surface area contributed by atoms with Gasteiger partial charge in [-0.2, -0.15) is 11.8 Å². The molecule has 0 aliphatic carbocycles. The maximum absolute atomic E-state index is 12.0. The number of hydrogen-bond donors (Lipinski definition) is 0. The Kier molecular flexibility index (Phi) is 5.29. The van der Waals surface area contributed by atoms with Crippen molar-refractivity contribution in [1.29, 1.82) is 0 Å². The fourth-order valence-electron chi connectivity index (χ4n) is 1.93. The lowest BCUT2D eigenvalue weighted by atomic mass is 10.0. The summed E-state index contributed by atoms with van der Waals surface area (Å²) < 4.78 is 0. The van der Waals surface area contributed by atoms with E-state index in [9.17, 15) is 4.79 Å². The van der Waals surface area contributed by atoms with Gasteiger partial charge >= 0.3 is 6.03 Å². The molecule has 88 valence electrons. The molecule has 1 saturated heterocycles. The highest BCUT2D eigenvalue weighted by Gasteiger charge is 2.22. The number of amides is 2. The molecule has 0 bridgehead atoms. The van der Waals surface area contributed by atoms with Gasteiger partial charge < -0.3 is 9.80 Å². The Labute approximate surface area is 97.2 Å². The van der Waals surface area contributed by atoms with E-state index in [-0.39, 0.29) is 6.03 Å². The van der Waals surface area contributed by atoms with Gasteiger partial charge in [-0.05, 0) is 25.0 Å². The summed E-state index contributed by atoms with van der Waals surface area (Å²) in [6.07, 6.45) is 4.49. The highest BCUT2D eigenvalue weighted by molar-refractivity contribution is 7.98. The molecule has 15 heavy (non-hydrogen) atoms. The van der Waals surface area contributed by atoms with Crippen LogP contribution in [0.5, 0.6) is 0 Å². The molecule has 0 aromatic carbocycles. The van der Waals surface area contributed by atoms with Crippen LogP contribution in [0.2, 0.25) is 0 Å². The summed E-state index contributed by atoms with van der Waals surface area (Å²) in [5.41, 5.74) is 0. The van der Waals surface area contributed by atoms with Crippen molar-refractivity contribution >= 4 is 17.8 Å². The van der Waals surface area contributed by atoms with Gasteiger partial charge in [0.05, 0.1) is 0 Å². The molecule has 2 amide bonds. The van der Waals surface area contributed by atoms with E-state index < -0.39 is 0 Å². The zero-order chi connectivity index (χ0) is 11.3. The number of rotatable bonds is 3. The molecule has 0 aromatic heterocycles. The van der Waals surface area contributed by atoms with E-state index in [0.29, 0.717) is 5.92 Å². The van der Waals surface area contributed by atoms with Crippen molar-refractivity contribution in [2.24, 2.45) is 5.92 Å². The summed E-state index contributed by atoms with van der Waals surface area (Å²) in [5, 5.41) is 0. The molecule has 1 heterocycles. The predicted molar refractivity (Wildman–Crippen MR) is 66.4 cm³/mol. The minimum atomic E-state index is 0.204. The lowest BCUT2D eigenvalue weighted by molar-refractivity contribution is 0.141. The number of urea groups is 1. The van der Waals surface area contributed by atoms with Crippen LogP contribution in [0.25, 0.3) is 0 Å². The van der Waals surface area contributed by atoms with Gasteiger partial charge in [0.2, 0.25) is 0 Å². The van der Waals surface area contributed by atoms with Crippen molar-refractivity contribution < 1.29 is 4.79 Å². The maximum atomic E-state index is 12.0. The van der Waals surface area contributed by atoms with Crippen LogP contribution >= 0.6 is 11.8 Å². The lowest BCUT2D eigenvalue weighted by Gasteiger charge is -2.34. The van der Waals surface area contributed by atoms with Gasteiger partial charge in [-0.15, -0.1) is 0 Å². The van der Waals surface area contributed by atoms with E-state index in [1.54, 1.807) is 11.8 Å². The van der Waals surface area contributed by atoms with Crippen LogP contribution in [0.1, 0.15) is 19.8 Å². The first-order valence-electron chi connectivity index (χ1n) is 5.64. The summed E-state index contributed by atoms with van der Waals surface area (Å²) in [7, 11) is 1.90. The molecule has 0 N–H and O–H groups in total. The molecule has 1 atom stereocenters. The summed E-state index contributed by atoms with van der Waals surface area (Å²) in [4.78, 5) is 15.8. The van der Waals surface area contributed by atoms with Gasteiger partial charge in [-0.3, -0.25) is 0 Å². The predicted octanol–water partition coefficient (Wildman–Crippen LogP) is 2.13. The Hall–Kier alpha value is -0.380. The first-order chi connectivity index (χ1) is 7.15. The van der Waals surface area contributed by atoms with Crippen molar-refractivity contribution in [3.63, 3.8) is 0 Å². The van der Waals surface area contributed by atoms with E-state index in [1.165, 1.54) is 6.42 Å². The summed E-state index contributed by atoms with van der Waals surface area (Å²) in [6.45, 7) is 4.95. The number of nitrogens with zero attached hydrogens (tertiary/aromatic N) is 2. The van der Waals surface area contributed by atoms with E-state index in [0.717, 1.165) is 31.8 Å². The van der Waals surface area contributed by atoms with Gasteiger partial charge in [0.25, 0.3) is 0 Å². The molecule has 1 aliphatic rings. The van der Waals surface area contributed by atoms with Gasteiger partial charge in [0, 0.05) is 32.4 Å². The zero-order valence-electron chi connectivity index (χ0n) is 10.0. The number of thioether (sulfide) groups is 1. The van der Waals surface area contributed by atoms with Crippen molar-refractivity contribution in [2.45, 2.75) is 19.8 Å². The summed E-state index contributed by atoms with van der Waals surface area (Å²) in [6, 6.07) is 0.204. The second-order valence-electron chi connectivity index (χ2n) is 4.39. The minimum Gasteiger partial charge on any atom is -0.327 e. The third kappa shape index (κ3) is 3.93. The van der Waals surface area contributed by atoms with Gasteiger partial charge in [0.1, 0.15) is 0 Å². The quantitative estimate of drug-likeness (QED) is 0.741. The van der Waals surface area contributed by atoms with E-state index >= 15 is 0 Å². The molecular weight excluding hydrogens is 208 g/mol. The number of carbonyl (C=O) groups excluding carboxylic acids is 1. The van der Waals surface area contributed by atoms with E-state index in [1.807, 2.05) is 16.8 Å². The average Bonchev–Trinajstić information content (AvgIpc) is 2.24. The molecule has 3 nitrogen and oxygen atoms in total. The number of likely N-dealkylation sites (tertiary alicyclic amines) is 1. The molecule has 0 radical (unpaired) electrons.